The fourth-order valence-corrected chi connectivity index (χ4v) is 3.42. The number of aryl methyl sites for hydroxylation is 2. The van der Waals surface area contributed by atoms with Crippen molar-refractivity contribution in [1.29, 1.82) is 0 Å². The Kier molecular flexibility index (Phi) is 5.29. The largest absolute Gasteiger partial charge is 0.349 e. The van der Waals surface area contributed by atoms with Crippen LogP contribution < -0.4 is 5.32 Å². The van der Waals surface area contributed by atoms with Crippen LogP contribution in [-0.2, 0) is 24.1 Å². The van der Waals surface area contributed by atoms with Crippen LogP contribution in [-0.4, -0.2) is 5.91 Å². The Balaban J connectivity index is 1.67. The first-order valence-corrected chi connectivity index (χ1v) is 8.81. The van der Waals surface area contributed by atoms with Gasteiger partial charge in [0.25, 0.3) is 0 Å². The molecule has 2 aromatic rings. The van der Waals surface area contributed by atoms with Crippen molar-refractivity contribution < 1.29 is 9.18 Å². The lowest BCUT2D eigenvalue weighted by atomic mass is 9.88. The van der Waals surface area contributed by atoms with Crippen molar-refractivity contribution in [2.24, 2.45) is 0 Å². The van der Waals surface area contributed by atoms with Crippen LogP contribution in [0.2, 0.25) is 0 Å². The lowest BCUT2D eigenvalue weighted by Crippen LogP contribution is -2.29. The molecule has 1 atom stereocenters. The maximum atomic E-state index is 12.9. The summed E-state index contributed by atoms with van der Waals surface area (Å²) in [7, 11) is 0. The maximum Gasteiger partial charge on any atom is 0.224 e. The molecule has 1 N–H and O–H groups in total. The summed E-state index contributed by atoms with van der Waals surface area (Å²) in [6.07, 6.45) is 5.98. The van der Waals surface area contributed by atoms with Gasteiger partial charge in [0, 0.05) is 0 Å². The summed E-state index contributed by atoms with van der Waals surface area (Å²) in [5.41, 5.74) is 4.90. The molecule has 0 radical (unpaired) electrons. The number of benzene rings is 2. The van der Waals surface area contributed by atoms with Gasteiger partial charge in [0.1, 0.15) is 5.82 Å². The van der Waals surface area contributed by atoms with Crippen LogP contribution in [0.3, 0.4) is 0 Å². The van der Waals surface area contributed by atoms with Crippen molar-refractivity contribution in [2.75, 3.05) is 0 Å². The van der Waals surface area contributed by atoms with Gasteiger partial charge in [-0.3, -0.25) is 4.79 Å². The van der Waals surface area contributed by atoms with E-state index < -0.39 is 0 Å². The van der Waals surface area contributed by atoms with E-state index in [0.717, 1.165) is 18.4 Å². The van der Waals surface area contributed by atoms with Gasteiger partial charge in [-0.15, -0.1) is 0 Å². The second-order valence-electron chi connectivity index (χ2n) is 6.57. The number of nitrogens with one attached hydrogen (secondary N) is 1. The maximum absolute atomic E-state index is 12.9. The summed E-state index contributed by atoms with van der Waals surface area (Å²) in [6.45, 7) is 2.09. The van der Waals surface area contributed by atoms with Gasteiger partial charge >= 0.3 is 0 Å². The number of carbonyl (C=O) groups is 1. The number of rotatable bonds is 5. The molecule has 0 fully saturated rings. The van der Waals surface area contributed by atoms with Gasteiger partial charge in [-0.1, -0.05) is 37.3 Å². The van der Waals surface area contributed by atoms with Crippen molar-refractivity contribution in [2.45, 2.75) is 51.5 Å². The normalized spacial score (nSPS) is 14.8. The van der Waals surface area contributed by atoms with Crippen molar-refractivity contribution >= 4 is 5.91 Å². The molecule has 1 amide bonds. The Labute approximate surface area is 143 Å². The minimum atomic E-state index is -0.278. The van der Waals surface area contributed by atoms with Crippen LogP contribution in [0.25, 0.3) is 0 Å². The summed E-state index contributed by atoms with van der Waals surface area (Å²) in [5.74, 6) is -0.300. The first-order chi connectivity index (χ1) is 11.7. The van der Waals surface area contributed by atoms with Crippen LogP contribution in [0.15, 0.2) is 42.5 Å². The molecule has 1 aliphatic carbocycles. The molecule has 2 nitrogen and oxygen atoms in total. The smallest absolute Gasteiger partial charge is 0.224 e. The molecule has 3 rings (SSSR count). The first kappa shape index (κ1) is 16.7. The van der Waals surface area contributed by atoms with Gasteiger partial charge in [-0.2, -0.15) is 0 Å². The Hall–Kier alpha value is -2.16. The lowest BCUT2D eigenvalue weighted by molar-refractivity contribution is -0.121. The molecule has 0 aromatic heterocycles. The third-order valence-corrected chi connectivity index (χ3v) is 4.80. The number of carbonyl (C=O) groups excluding carboxylic acids is 1. The monoisotopic (exact) mass is 325 g/mol. The highest BCUT2D eigenvalue weighted by molar-refractivity contribution is 5.79. The van der Waals surface area contributed by atoms with Crippen molar-refractivity contribution in [3.63, 3.8) is 0 Å². The topological polar surface area (TPSA) is 29.1 Å². The number of hydrogen-bond acceptors (Lipinski definition) is 1. The minimum absolute atomic E-state index is 0.0221. The molecule has 0 bridgehead atoms. The van der Waals surface area contributed by atoms with E-state index >= 15 is 0 Å². The molecule has 0 unspecified atom stereocenters. The number of fused-ring (bicyclic) bond motifs is 1. The number of amides is 1. The van der Waals surface area contributed by atoms with Gasteiger partial charge in [0.15, 0.2) is 0 Å². The van der Waals surface area contributed by atoms with Crippen LogP contribution in [0.4, 0.5) is 4.39 Å². The summed E-state index contributed by atoms with van der Waals surface area (Å²) in [6, 6.07) is 12.8. The van der Waals surface area contributed by atoms with Gasteiger partial charge in [0.2, 0.25) is 5.91 Å². The van der Waals surface area contributed by atoms with E-state index in [9.17, 15) is 9.18 Å². The highest BCUT2D eigenvalue weighted by Gasteiger charge is 2.16. The Morgan fingerprint density at radius 2 is 1.79 bits per heavy atom. The summed E-state index contributed by atoms with van der Waals surface area (Å²) >= 11 is 0. The Bertz CT molecular complexity index is 708. The van der Waals surface area contributed by atoms with E-state index in [-0.39, 0.29) is 24.2 Å². The van der Waals surface area contributed by atoms with Gasteiger partial charge < -0.3 is 5.32 Å². The summed E-state index contributed by atoms with van der Waals surface area (Å²) in [5, 5.41) is 3.12. The molecule has 126 valence electrons. The number of hydrogen-bond donors (Lipinski definition) is 1. The van der Waals surface area contributed by atoms with Gasteiger partial charge in [0.05, 0.1) is 12.5 Å². The quantitative estimate of drug-likeness (QED) is 0.861. The molecule has 0 spiro atoms. The highest BCUT2D eigenvalue weighted by atomic mass is 19.1. The van der Waals surface area contributed by atoms with Gasteiger partial charge in [-0.05, 0) is 66.5 Å². The average Bonchev–Trinajstić information content (AvgIpc) is 2.61. The van der Waals surface area contributed by atoms with Crippen LogP contribution in [0.1, 0.15) is 54.5 Å². The number of halogens is 1. The van der Waals surface area contributed by atoms with E-state index in [1.54, 1.807) is 12.1 Å². The fourth-order valence-electron chi connectivity index (χ4n) is 3.42. The van der Waals surface area contributed by atoms with Crippen LogP contribution >= 0.6 is 0 Å². The zero-order valence-electron chi connectivity index (χ0n) is 14.1. The third kappa shape index (κ3) is 4.02. The fraction of sp³-hybridized carbons (Fsp3) is 0.381. The second kappa shape index (κ2) is 7.61. The Morgan fingerprint density at radius 1 is 1.08 bits per heavy atom. The standard InChI is InChI=1S/C21H24FNO/c1-2-20(18-10-9-16-5-3-4-6-17(16)14-18)23-21(24)13-15-7-11-19(22)12-8-15/h7-12,14,20H,2-6,13H2,1H3,(H,23,24)/t20-/m0/s1. The Morgan fingerprint density at radius 3 is 2.50 bits per heavy atom. The van der Waals surface area contributed by atoms with Crippen molar-refractivity contribution in [3.8, 4) is 0 Å². The van der Waals surface area contributed by atoms with E-state index in [0.29, 0.717) is 0 Å². The van der Waals surface area contributed by atoms with Crippen molar-refractivity contribution in [1.82, 2.24) is 5.32 Å². The molecule has 0 saturated carbocycles. The molecular formula is C21H24FNO. The highest BCUT2D eigenvalue weighted by Crippen LogP contribution is 2.26. The lowest BCUT2D eigenvalue weighted by Gasteiger charge is -2.21. The first-order valence-electron chi connectivity index (χ1n) is 8.81. The van der Waals surface area contributed by atoms with E-state index in [1.807, 2.05) is 0 Å². The van der Waals surface area contributed by atoms with Crippen molar-refractivity contribution in [3.05, 3.63) is 70.5 Å². The molecular weight excluding hydrogens is 301 g/mol. The summed E-state index contributed by atoms with van der Waals surface area (Å²) in [4.78, 5) is 12.3. The minimum Gasteiger partial charge on any atom is -0.349 e. The molecule has 1 aliphatic rings. The SMILES string of the molecule is CC[C@H](NC(=O)Cc1ccc(F)cc1)c1ccc2c(c1)CCCC2. The van der Waals surface area contributed by atoms with E-state index in [4.69, 9.17) is 0 Å². The average molecular weight is 325 g/mol. The zero-order valence-corrected chi connectivity index (χ0v) is 14.1. The molecule has 3 heteroatoms. The van der Waals surface area contributed by atoms with E-state index in [1.165, 1.54) is 48.1 Å². The predicted molar refractivity (Wildman–Crippen MR) is 94.4 cm³/mol. The third-order valence-electron chi connectivity index (χ3n) is 4.80. The summed E-state index contributed by atoms with van der Waals surface area (Å²) < 4.78 is 12.9. The molecule has 24 heavy (non-hydrogen) atoms. The molecule has 0 saturated heterocycles. The zero-order chi connectivity index (χ0) is 16.9. The van der Waals surface area contributed by atoms with Crippen LogP contribution in [0.5, 0.6) is 0 Å². The predicted octanol–water partition coefficient (Wildman–Crippen LogP) is 4.51. The molecule has 2 aromatic carbocycles. The van der Waals surface area contributed by atoms with E-state index in [2.05, 4.69) is 30.4 Å². The second-order valence-corrected chi connectivity index (χ2v) is 6.57. The molecule has 0 aliphatic heterocycles. The molecule has 0 heterocycles. The van der Waals surface area contributed by atoms with Gasteiger partial charge in [-0.25, -0.2) is 4.39 Å². The van der Waals surface area contributed by atoms with Crippen LogP contribution in [0, 0.1) is 5.82 Å².